The van der Waals surface area contributed by atoms with Gasteiger partial charge in [-0.3, -0.25) is 9.78 Å². The number of halogens is 1. The Morgan fingerprint density at radius 1 is 1.31 bits per heavy atom. The normalized spacial score (nSPS) is 19.9. The molecule has 0 radical (unpaired) electrons. The molecule has 10 heteroatoms. The molecule has 4 N–H and O–H groups in total. The summed E-state index contributed by atoms with van der Waals surface area (Å²) in [5, 5.41) is 10.4. The van der Waals surface area contributed by atoms with Crippen LogP contribution in [-0.2, 0) is 11.2 Å². The molecular formula is C26H28ClN5O4. The molecule has 9 nitrogen and oxygen atoms in total. The number of aromatic amines is 1. The van der Waals surface area contributed by atoms with Gasteiger partial charge in [-0.2, -0.15) is 0 Å². The SMILES string of the molecule is COc1c(Cl)cccc1Nc1c(-c2ccncc2OCC2CNCCO2)[nH]c2c1C(=O)NC1(CC1)C2. The molecule has 4 heterocycles. The van der Waals surface area contributed by atoms with Crippen LogP contribution in [0.25, 0.3) is 11.3 Å². The number of benzene rings is 1. The van der Waals surface area contributed by atoms with Crippen LogP contribution >= 0.6 is 11.6 Å². The average molecular weight is 510 g/mol. The molecule has 36 heavy (non-hydrogen) atoms. The van der Waals surface area contributed by atoms with Crippen molar-refractivity contribution in [1.82, 2.24) is 20.6 Å². The van der Waals surface area contributed by atoms with Crippen molar-refractivity contribution in [3.05, 3.63) is 52.9 Å². The molecule has 3 aliphatic rings. The van der Waals surface area contributed by atoms with Crippen LogP contribution in [0.3, 0.4) is 0 Å². The number of aromatic nitrogens is 2. The first kappa shape index (κ1) is 23.1. The van der Waals surface area contributed by atoms with E-state index in [0.717, 1.165) is 49.3 Å². The number of carbonyl (C=O) groups excluding carboxylic acids is 1. The van der Waals surface area contributed by atoms with E-state index in [1.54, 1.807) is 25.6 Å². The number of methoxy groups -OCH3 is 1. The number of hydrogen-bond acceptors (Lipinski definition) is 7. The van der Waals surface area contributed by atoms with Gasteiger partial charge in [-0.25, -0.2) is 0 Å². The van der Waals surface area contributed by atoms with Gasteiger partial charge in [0.05, 0.1) is 47.6 Å². The van der Waals surface area contributed by atoms with E-state index < -0.39 is 0 Å². The summed E-state index contributed by atoms with van der Waals surface area (Å²) in [5.74, 6) is 1.01. The number of H-pyrrole nitrogens is 1. The first-order chi connectivity index (χ1) is 17.6. The van der Waals surface area contributed by atoms with E-state index in [4.69, 9.17) is 25.8 Å². The highest BCUT2D eigenvalue weighted by molar-refractivity contribution is 6.32. The fourth-order valence-corrected chi connectivity index (χ4v) is 5.21. The number of morpholine rings is 1. The largest absolute Gasteiger partial charge is 0.493 e. The second kappa shape index (κ2) is 9.31. The molecule has 1 saturated heterocycles. The van der Waals surface area contributed by atoms with Crippen molar-refractivity contribution >= 4 is 28.9 Å². The van der Waals surface area contributed by atoms with Crippen molar-refractivity contribution < 1.29 is 19.0 Å². The van der Waals surface area contributed by atoms with Crippen LogP contribution in [-0.4, -0.2) is 60.9 Å². The molecule has 1 amide bonds. The van der Waals surface area contributed by atoms with Crippen molar-refractivity contribution in [2.75, 3.05) is 38.7 Å². The second-order valence-corrected chi connectivity index (χ2v) is 9.87. The fraction of sp³-hybridized carbons (Fsp3) is 0.385. The summed E-state index contributed by atoms with van der Waals surface area (Å²) in [5.41, 5.74) is 4.19. The third-order valence-corrected chi connectivity index (χ3v) is 7.26. The highest BCUT2D eigenvalue weighted by atomic mass is 35.5. The molecule has 0 bridgehead atoms. The van der Waals surface area contributed by atoms with Gasteiger partial charge in [-0.1, -0.05) is 17.7 Å². The number of pyridine rings is 1. The predicted molar refractivity (Wildman–Crippen MR) is 137 cm³/mol. The Balaban J connectivity index is 1.42. The quantitative estimate of drug-likeness (QED) is 0.385. The first-order valence-electron chi connectivity index (χ1n) is 12.1. The third-order valence-electron chi connectivity index (χ3n) is 6.97. The summed E-state index contributed by atoms with van der Waals surface area (Å²) in [7, 11) is 1.57. The van der Waals surface area contributed by atoms with Crippen molar-refractivity contribution in [3.63, 3.8) is 0 Å². The fourth-order valence-electron chi connectivity index (χ4n) is 4.96. The van der Waals surface area contributed by atoms with Gasteiger partial charge in [0.15, 0.2) is 5.75 Å². The zero-order valence-corrected chi connectivity index (χ0v) is 20.7. The standard InChI is InChI=1S/C26H28ClN5O4/c1-34-24-17(27)3-2-4-18(24)30-23-21-19(11-26(6-7-26)32-25(21)33)31-22(23)16-5-8-28-13-20(16)36-14-15-12-29-9-10-35-15/h2-5,8,13,15,29-31H,6-7,9-12,14H2,1H3,(H,32,33). The Kier molecular flexibility index (Phi) is 5.99. The number of hydrogen-bond donors (Lipinski definition) is 4. The smallest absolute Gasteiger partial charge is 0.255 e. The zero-order valence-electron chi connectivity index (χ0n) is 19.9. The zero-order chi connectivity index (χ0) is 24.7. The Morgan fingerprint density at radius 3 is 2.97 bits per heavy atom. The summed E-state index contributed by atoms with van der Waals surface area (Å²) in [6.07, 6.45) is 6.08. The summed E-state index contributed by atoms with van der Waals surface area (Å²) in [6, 6.07) is 7.36. The molecule has 1 aliphatic carbocycles. The maximum absolute atomic E-state index is 13.3. The van der Waals surface area contributed by atoms with Crippen LogP contribution in [0.5, 0.6) is 11.5 Å². The molecular weight excluding hydrogens is 482 g/mol. The number of para-hydroxylation sites is 1. The van der Waals surface area contributed by atoms with Crippen molar-refractivity contribution in [2.45, 2.75) is 30.9 Å². The summed E-state index contributed by atoms with van der Waals surface area (Å²) in [6.45, 7) is 2.62. The van der Waals surface area contributed by atoms with Crippen LogP contribution in [0.15, 0.2) is 36.7 Å². The minimum absolute atomic E-state index is 0.0440. The molecule has 1 spiro atoms. The van der Waals surface area contributed by atoms with Gasteiger partial charge in [-0.05, 0) is 31.0 Å². The van der Waals surface area contributed by atoms with Crippen LogP contribution in [0.4, 0.5) is 11.4 Å². The van der Waals surface area contributed by atoms with E-state index >= 15 is 0 Å². The van der Waals surface area contributed by atoms with Crippen LogP contribution in [0.2, 0.25) is 5.02 Å². The maximum Gasteiger partial charge on any atom is 0.255 e. The Hall–Kier alpha value is -3.27. The number of carbonyl (C=O) groups is 1. The lowest BCUT2D eigenvalue weighted by Gasteiger charge is -2.24. The van der Waals surface area contributed by atoms with E-state index in [1.165, 1.54) is 0 Å². The van der Waals surface area contributed by atoms with Crippen molar-refractivity contribution in [3.8, 4) is 22.8 Å². The molecule has 1 atom stereocenters. The van der Waals surface area contributed by atoms with Crippen molar-refractivity contribution in [1.29, 1.82) is 0 Å². The number of rotatable bonds is 7. The summed E-state index contributed by atoms with van der Waals surface area (Å²) >= 11 is 6.39. The van der Waals surface area contributed by atoms with Gasteiger partial charge in [0.1, 0.15) is 18.5 Å². The Morgan fingerprint density at radius 2 is 2.19 bits per heavy atom. The number of fused-ring (bicyclic) bond motifs is 1. The van der Waals surface area contributed by atoms with Gasteiger partial charge in [-0.15, -0.1) is 0 Å². The van der Waals surface area contributed by atoms with Crippen LogP contribution in [0.1, 0.15) is 28.9 Å². The van der Waals surface area contributed by atoms with Gasteiger partial charge >= 0.3 is 0 Å². The van der Waals surface area contributed by atoms with Gasteiger partial charge in [0.25, 0.3) is 5.91 Å². The molecule has 2 aliphatic heterocycles. The first-order valence-corrected chi connectivity index (χ1v) is 12.5. The van der Waals surface area contributed by atoms with E-state index in [9.17, 15) is 4.79 Å². The number of nitrogens with one attached hydrogen (secondary N) is 4. The van der Waals surface area contributed by atoms with E-state index in [2.05, 4.69) is 25.9 Å². The monoisotopic (exact) mass is 509 g/mol. The lowest BCUT2D eigenvalue weighted by atomic mass is 9.98. The molecule has 1 aromatic carbocycles. The maximum atomic E-state index is 13.3. The predicted octanol–water partition coefficient (Wildman–Crippen LogP) is 3.67. The minimum Gasteiger partial charge on any atom is -0.493 e. The van der Waals surface area contributed by atoms with Gasteiger partial charge in [0, 0.05) is 42.5 Å². The number of amides is 1. The van der Waals surface area contributed by atoms with Gasteiger partial charge in [0.2, 0.25) is 0 Å². The van der Waals surface area contributed by atoms with E-state index in [-0.39, 0.29) is 17.6 Å². The third kappa shape index (κ3) is 4.27. The lowest BCUT2D eigenvalue weighted by molar-refractivity contribution is 0.000245. The average Bonchev–Trinajstić information content (AvgIpc) is 3.53. The molecule has 3 aromatic rings. The summed E-state index contributed by atoms with van der Waals surface area (Å²) in [4.78, 5) is 21.2. The molecule has 2 fully saturated rings. The topological polar surface area (TPSA) is 110 Å². The highest BCUT2D eigenvalue weighted by Gasteiger charge is 2.49. The van der Waals surface area contributed by atoms with Crippen molar-refractivity contribution in [2.24, 2.45) is 0 Å². The second-order valence-electron chi connectivity index (χ2n) is 9.47. The Labute approximate surface area is 213 Å². The van der Waals surface area contributed by atoms with Crippen LogP contribution in [0, 0.1) is 0 Å². The van der Waals surface area contributed by atoms with E-state index in [0.29, 0.717) is 46.7 Å². The van der Waals surface area contributed by atoms with E-state index in [1.807, 2.05) is 18.2 Å². The molecule has 1 unspecified atom stereocenters. The molecule has 2 aromatic heterocycles. The molecule has 6 rings (SSSR count). The Bertz CT molecular complexity index is 1300. The molecule has 188 valence electrons. The lowest BCUT2D eigenvalue weighted by Crippen LogP contribution is -2.43. The number of anilines is 2. The minimum atomic E-state index is -0.139. The number of ether oxygens (including phenoxy) is 3. The molecule has 1 saturated carbocycles. The highest BCUT2D eigenvalue weighted by Crippen LogP contribution is 2.48. The summed E-state index contributed by atoms with van der Waals surface area (Å²) < 4.78 is 17.5. The van der Waals surface area contributed by atoms with Gasteiger partial charge < -0.3 is 35.1 Å². The van der Waals surface area contributed by atoms with Crippen LogP contribution < -0.4 is 25.4 Å². The number of nitrogens with zero attached hydrogens (tertiary/aromatic N) is 1.